The van der Waals surface area contributed by atoms with Gasteiger partial charge in [-0.2, -0.15) is 52.7 Å². The second-order valence-electron chi connectivity index (χ2n) is 15.9. The first-order chi connectivity index (χ1) is 33.2. The SMILES string of the molecule is FC(F)(F)c1ccc(-c2nc(-c3ccc(C(F)(F)F)cc3)nc(-c3cc(-c4nc5ccccc5n4-c4cccc(C(F)(F)F)c4)cc(-c4nc5ccccc5n4-c4cccc(C(F)(F)F)c4)c3)n2)cc1. The van der Waals surface area contributed by atoms with E-state index < -0.39 is 47.0 Å². The summed E-state index contributed by atoms with van der Waals surface area (Å²) in [5, 5.41) is 0. The van der Waals surface area contributed by atoms with Crippen molar-refractivity contribution in [2.45, 2.75) is 24.7 Å². The molecule has 0 aliphatic heterocycles. The van der Waals surface area contributed by atoms with Gasteiger partial charge in [0.1, 0.15) is 11.6 Å². The van der Waals surface area contributed by atoms with E-state index >= 15 is 0 Å². The van der Waals surface area contributed by atoms with Crippen LogP contribution in [0.5, 0.6) is 0 Å². The Bertz CT molecular complexity index is 3380. The molecular formula is C51H27F12N7. The molecule has 70 heavy (non-hydrogen) atoms. The molecule has 0 saturated carbocycles. The van der Waals surface area contributed by atoms with Gasteiger partial charge in [-0.1, -0.05) is 60.7 Å². The summed E-state index contributed by atoms with van der Waals surface area (Å²) in [4.78, 5) is 23.5. The fourth-order valence-corrected chi connectivity index (χ4v) is 8.00. The van der Waals surface area contributed by atoms with Gasteiger partial charge in [0.2, 0.25) is 0 Å². The first-order valence-electron chi connectivity index (χ1n) is 20.8. The lowest BCUT2D eigenvalue weighted by molar-refractivity contribution is -0.138. The summed E-state index contributed by atoms with van der Waals surface area (Å²) in [6, 6.07) is 34.5. The Labute approximate surface area is 387 Å². The Morgan fingerprint density at radius 3 is 1.00 bits per heavy atom. The molecule has 10 rings (SSSR count). The monoisotopic (exact) mass is 965 g/mol. The van der Waals surface area contributed by atoms with E-state index in [1.54, 1.807) is 54.6 Å². The largest absolute Gasteiger partial charge is 0.416 e. The van der Waals surface area contributed by atoms with Crippen LogP contribution in [0.3, 0.4) is 0 Å². The fourth-order valence-electron chi connectivity index (χ4n) is 8.00. The molecule has 3 heterocycles. The van der Waals surface area contributed by atoms with Crippen LogP contribution in [-0.2, 0) is 24.7 Å². The number of para-hydroxylation sites is 4. The molecule has 19 heteroatoms. The maximum Gasteiger partial charge on any atom is 0.416 e. The molecule has 7 nitrogen and oxygen atoms in total. The Morgan fingerprint density at radius 1 is 0.286 bits per heavy atom. The van der Waals surface area contributed by atoms with Crippen molar-refractivity contribution in [2.24, 2.45) is 0 Å². The first kappa shape index (κ1) is 45.4. The molecule has 0 N–H and O–H groups in total. The normalized spacial score (nSPS) is 12.6. The number of rotatable bonds is 7. The maximum atomic E-state index is 14.2. The summed E-state index contributed by atoms with van der Waals surface area (Å²) in [6.45, 7) is 0. The van der Waals surface area contributed by atoms with Gasteiger partial charge in [0.25, 0.3) is 0 Å². The van der Waals surface area contributed by atoms with Crippen LogP contribution in [-0.4, -0.2) is 34.1 Å². The van der Waals surface area contributed by atoms with Crippen LogP contribution in [0.25, 0.3) is 90.4 Å². The molecule has 0 bridgehead atoms. The summed E-state index contributed by atoms with van der Waals surface area (Å²) >= 11 is 0. The van der Waals surface area contributed by atoms with Gasteiger partial charge in [-0.15, -0.1) is 0 Å². The van der Waals surface area contributed by atoms with E-state index in [0.717, 1.165) is 72.8 Å². The molecule has 0 spiro atoms. The van der Waals surface area contributed by atoms with Gasteiger partial charge < -0.3 is 0 Å². The number of aromatic nitrogens is 7. The lowest BCUT2D eigenvalue weighted by Crippen LogP contribution is -2.07. The highest BCUT2D eigenvalue weighted by atomic mass is 19.4. The van der Waals surface area contributed by atoms with Crippen LogP contribution in [0.1, 0.15) is 22.3 Å². The summed E-state index contributed by atoms with van der Waals surface area (Å²) in [6.07, 6.45) is -18.9. The lowest BCUT2D eigenvalue weighted by Gasteiger charge is -2.16. The van der Waals surface area contributed by atoms with Gasteiger partial charge in [0.15, 0.2) is 17.5 Å². The minimum Gasteiger partial charge on any atom is -0.292 e. The highest BCUT2D eigenvalue weighted by Gasteiger charge is 2.34. The molecule has 3 aromatic heterocycles. The average molecular weight is 966 g/mol. The highest BCUT2D eigenvalue weighted by molar-refractivity contribution is 5.88. The predicted octanol–water partition coefficient (Wildman–Crippen LogP) is 15.0. The second kappa shape index (κ2) is 16.7. The van der Waals surface area contributed by atoms with Gasteiger partial charge in [-0.25, -0.2) is 24.9 Å². The molecule has 0 unspecified atom stereocenters. The van der Waals surface area contributed by atoms with Crippen LogP contribution in [0.15, 0.2) is 164 Å². The third-order valence-corrected chi connectivity index (χ3v) is 11.3. The van der Waals surface area contributed by atoms with E-state index in [2.05, 4.69) is 15.0 Å². The van der Waals surface area contributed by atoms with Gasteiger partial charge >= 0.3 is 24.7 Å². The van der Waals surface area contributed by atoms with E-state index in [-0.39, 0.29) is 68.3 Å². The summed E-state index contributed by atoms with van der Waals surface area (Å²) < 4.78 is 170. The number of benzene rings is 7. The molecule has 0 fully saturated rings. The van der Waals surface area contributed by atoms with Crippen LogP contribution >= 0.6 is 0 Å². The Hall–Kier alpha value is -8.35. The smallest absolute Gasteiger partial charge is 0.292 e. The van der Waals surface area contributed by atoms with Crippen LogP contribution in [0.2, 0.25) is 0 Å². The van der Waals surface area contributed by atoms with Gasteiger partial charge in [-0.3, -0.25) is 9.13 Å². The zero-order valence-corrected chi connectivity index (χ0v) is 35.3. The first-order valence-corrected chi connectivity index (χ1v) is 20.8. The van der Waals surface area contributed by atoms with Crippen molar-refractivity contribution in [1.82, 2.24) is 34.1 Å². The molecule has 10 aromatic rings. The number of halogens is 12. The maximum absolute atomic E-state index is 14.2. The summed E-state index contributed by atoms with van der Waals surface area (Å²) in [5.41, 5.74) is -1.73. The summed E-state index contributed by atoms with van der Waals surface area (Å²) in [7, 11) is 0. The standard InChI is InChI=1S/C51H27F12N7/c52-48(53,54)33-19-15-28(16-20-33)43-66-44(29-17-21-34(22-18-29)49(55,56)57)68-45(67-43)30-23-31(46-64-39-11-1-3-13-41(39)69(46)37-9-5-7-35(26-37)50(58,59)60)25-32(24-30)47-65-40-12-2-4-14-42(40)70(47)38-10-6-8-36(27-38)51(61,62)63/h1-27H. The lowest BCUT2D eigenvalue weighted by atomic mass is 10.0. The van der Waals surface area contributed by atoms with E-state index in [4.69, 9.17) is 9.97 Å². The molecule has 0 aliphatic carbocycles. The quantitative estimate of drug-likeness (QED) is 0.149. The van der Waals surface area contributed by atoms with E-state index in [1.807, 2.05) is 0 Å². The molecule has 7 aromatic carbocycles. The minimum atomic E-state index is -4.74. The minimum absolute atomic E-state index is 0.0519. The third kappa shape index (κ3) is 8.69. The number of alkyl halides is 12. The Morgan fingerprint density at radius 2 is 0.629 bits per heavy atom. The molecule has 0 amide bonds. The second-order valence-corrected chi connectivity index (χ2v) is 15.9. The number of hydrogen-bond donors (Lipinski definition) is 0. The number of imidazole rings is 2. The van der Waals surface area contributed by atoms with Crippen LogP contribution in [0, 0.1) is 0 Å². The molecule has 0 radical (unpaired) electrons. The van der Waals surface area contributed by atoms with Crippen molar-refractivity contribution in [1.29, 1.82) is 0 Å². The van der Waals surface area contributed by atoms with Crippen molar-refractivity contribution >= 4 is 22.1 Å². The van der Waals surface area contributed by atoms with E-state index in [0.29, 0.717) is 22.1 Å². The topological polar surface area (TPSA) is 74.3 Å². The molecule has 0 aliphatic rings. The fraction of sp³-hybridized carbons (Fsp3) is 0.0784. The van der Waals surface area contributed by atoms with Crippen LogP contribution in [0.4, 0.5) is 52.7 Å². The summed E-state index contributed by atoms with van der Waals surface area (Å²) in [5.74, 6) is -0.442. The van der Waals surface area contributed by atoms with E-state index in [1.165, 1.54) is 45.5 Å². The molecule has 0 saturated heterocycles. The van der Waals surface area contributed by atoms with E-state index in [9.17, 15) is 52.7 Å². The predicted molar refractivity (Wildman–Crippen MR) is 236 cm³/mol. The third-order valence-electron chi connectivity index (χ3n) is 11.3. The molecule has 350 valence electrons. The van der Waals surface area contributed by atoms with Crippen molar-refractivity contribution in [3.63, 3.8) is 0 Å². The van der Waals surface area contributed by atoms with Crippen molar-refractivity contribution in [3.05, 3.63) is 186 Å². The van der Waals surface area contributed by atoms with Crippen molar-refractivity contribution in [3.8, 4) is 68.3 Å². The van der Waals surface area contributed by atoms with Crippen molar-refractivity contribution in [2.75, 3.05) is 0 Å². The molecule has 0 atom stereocenters. The van der Waals surface area contributed by atoms with Gasteiger partial charge in [0, 0.05) is 39.2 Å². The zero-order chi connectivity index (χ0) is 49.3. The number of nitrogens with zero attached hydrogens (tertiary/aromatic N) is 7. The Kier molecular flexibility index (Phi) is 10.8. The average Bonchev–Trinajstić information content (AvgIpc) is 3.93. The van der Waals surface area contributed by atoms with Gasteiger partial charge in [-0.05, 0) is 103 Å². The highest BCUT2D eigenvalue weighted by Crippen LogP contribution is 2.40. The number of fused-ring (bicyclic) bond motifs is 2. The zero-order valence-electron chi connectivity index (χ0n) is 35.3. The molecular weight excluding hydrogens is 939 g/mol. The van der Waals surface area contributed by atoms with Crippen LogP contribution < -0.4 is 0 Å². The van der Waals surface area contributed by atoms with Gasteiger partial charge in [0.05, 0.1) is 44.3 Å². The van der Waals surface area contributed by atoms with Crippen molar-refractivity contribution < 1.29 is 52.7 Å². The Balaban J connectivity index is 1.27. The number of hydrogen-bond acceptors (Lipinski definition) is 5.